The number of anilines is 1. The lowest BCUT2D eigenvalue weighted by Gasteiger charge is -2.21. The quantitative estimate of drug-likeness (QED) is 0.810. The zero-order valence-electron chi connectivity index (χ0n) is 11.2. The van der Waals surface area contributed by atoms with E-state index in [2.05, 4.69) is 67.1 Å². The first-order valence-electron chi connectivity index (χ1n) is 6.41. The molecule has 2 atom stereocenters. The first kappa shape index (κ1) is 12.9. The van der Waals surface area contributed by atoms with E-state index in [1.807, 2.05) is 0 Å². The second-order valence-corrected chi connectivity index (χ2v) is 7.03. The Morgan fingerprint density at radius 3 is 2.59 bits per heavy atom. The molecule has 0 saturated heterocycles. The molecule has 0 heterocycles. The Hall–Kier alpha value is -0.500. The van der Waals surface area contributed by atoms with Crippen molar-refractivity contribution in [2.75, 3.05) is 5.32 Å². The molecule has 0 radical (unpaired) electrons. The summed E-state index contributed by atoms with van der Waals surface area (Å²) in [6, 6.07) is 7.02. The number of nitrogens with one attached hydrogen (secondary N) is 1. The number of hydrogen-bond acceptors (Lipinski definition) is 1. The summed E-state index contributed by atoms with van der Waals surface area (Å²) in [6.45, 7) is 9.24. The molecule has 1 aliphatic carbocycles. The van der Waals surface area contributed by atoms with Crippen molar-refractivity contribution in [1.29, 1.82) is 0 Å². The third-order valence-corrected chi connectivity index (χ3v) is 4.92. The molecule has 1 aromatic carbocycles. The topological polar surface area (TPSA) is 12.0 Å². The molecular weight excluding hydrogens is 274 g/mol. The second kappa shape index (κ2) is 4.64. The van der Waals surface area contributed by atoms with Crippen LogP contribution in [-0.2, 0) is 0 Å². The van der Waals surface area contributed by atoms with Gasteiger partial charge < -0.3 is 5.32 Å². The summed E-state index contributed by atoms with van der Waals surface area (Å²) >= 11 is 3.67. The Kier molecular flexibility index (Phi) is 3.53. The molecule has 2 unspecified atom stereocenters. The predicted molar refractivity (Wildman–Crippen MR) is 78.5 cm³/mol. The van der Waals surface area contributed by atoms with Crippen LogP contribution in [0.4, 0.5) is 5.69 Å². The summed E-state index contributed by atoms with van der Waals surface area (Å²) in [5.74, 6) is 0.748. The number of aryl methyl sites for hydroxylation is 1. The standard InChI is InChI=1S/C15H22BrN/c1-10-6-5-7-12(14(10)16)17-13-9-15(3,4)8-11(13)2/h5-7,11,13,17H,8-9H2,1-4H3. The van der Waals surface area contributed by atoms with Gasteiger partial charge in [-0.05, 0) is 58.7 Å². The van der Waals surface area contributed by atoms with Gasteiger partial charge in [-0.15, -0.1) is 0 Å². The zero-order chi connectivity index (χ0) is 12.6. The molecule has 2 rings (SSSR count). The van der Waals surface area contributed by atoms with Crippen LogP contribution in [0.25, 0.3) is 0 Å². The second-order valence-electron chi connectivity index (χ2n) is 6.24. The fraction of sp³-hybridized carbons (Fsp3) is 0.600. The van der Waals surface area contributed by atoms with Gasteiger partial charge in [0.25, 0.3) is 0 Å². The van der Waals surface area contributed by atoms with E-state index in [0.717, 1.165) is 5.92 Å². The fourth-order valence-corrected chi connectivity index (χ4v) is 3.42. The van der Waals surface area contributed by atoms with Gasteiger partial charge in [-0.25, -0.2) is 0 Å². The molecular formula is C15H22BrN. The highest BCUT2D eigenvalue weighted by Gasteiger charge is 2.36. The maximum atomic E-state index is 3.71. The van der Waals surface area contributed by atoms with Crippen molar-refractivity contribution in [3.8, 4) is 0 Å². The van der Waals surface area contributed by atoms with Crippen LogP contribution in [0.15, 0.2) is 22.7 Å². The normalized spacial score (nSPS) is 27.1. The number of rotatable bonds is 2. The number of benzene rings is 1. The third kappa shape index (κ3) is 2.85. The van der Waals surface area contributed by atoms with Gasteiger partial charge in [0.1, 0.15) is 0 Å². The third-order valence-electron chi connectivity index (χ3n) is 3.87. The van der Waals surface area contributed by atoms with E-state index in [4.69, 9.17) is 0 Å². The Bertz CT molecular complexity index is 411. The van der Waals surface area contributed by atoms with Gasteiger partial charge in [0.2, 0.25) is 0 Å². The van der Waals surface area contributed by atoms with E-state index in [1.165, 1.54) is 28.6 Å². The van der Waals surface area contributed by atoms with Crippen LogP contribution in [0.3, 0.4) is 0 Å². The number of hydrogen-bond donors (Lipinski definition) is 1. The molecule has 1 nitrogen and oxygen atoms in total. The lowest BCUT2D eigenvalue weighted by molar-refractivity contribution is 0.366. The van der Waals surface area contributed by atoms with Crippen LogP contribution in [0.1, 0.15) is 39.2 Å². The molecule has 17 heavy (non-hydrogen) atoms. The van der Waals surface area contributed by atoms with Crippen molar-refractivity contribution in [2.45, 2.75) is 46.6 Å². The summed E-state index contributed by atoms with van der Waals surface area (Å²) < 4.78 is 1.21. The summed E-state index contributed by atoms with van der Waals surface area (Å²) in [4.78, 5) is 0. The fourth-order valence-electron chi connectivity index (χ4n) is 3.05. The van der Waals surface area contributed by atoms with Crippen molar-refractivity contribution >= 4 is 21.6 Å². The van der Waals surface area contributed by atoms with Gasteiger partial charge in [0, 0.05) is 16.2 Å². The first-order chi connectivity index (χ1) is 7.89. The van der Waals surface area contributed by atoms with Crippen molar-refractivity contribution in [1.82, 2.24) is 0 Å². The molecule has 1 aromatic rings. The van der Waals surface area contributed by atoms with Crippen molar-refractivity contribution in [2.24, 2.45) is 11.3 Å². The van der Waals surface area contributed by atoms with Crippen LogP contribution in [0, 0.1) is 18.3 Å². The summed E-state index contributed by atoms with van der Waals surface area (Å²) in [5, 5.41) is 3.71. The monoisotopic (exact) mass is 295 g/mol. The predicted octanol–water partition coefficient (Wildman–Crippen LogP) is 4.99. The zero-order valence-corrected chi connectivity index (χ0v) is 12.8. The Balaban J connectivity index is 2.14. The van der Waals surface area contributed by atoms with Gasteiger partial charge >= 0.3 is 0 Å². The van der Waals surface area contributed by atoms with Crippen LogP contribution in [0.5, 0.6) is 0 Å². The minimum absolute atomic E-state index is 0.480. The maximum absolute atomic E-state index is 3.71. The summed E-state index contributed by atoms with van der Waals surface area (Å²) in [7, 11) is 0. The highest BCUT2D eigenvalue weighted by atomic mass is 79.9. The Labute approximate surface area is 113 Å². The average Bonchev–Trinajstić information content (AvgIpc) is 2.47. The molecule has 2 heteroatoms. The summed E-state index contributed by atoms with van der Waals surface area (Å²) in [5.41, 5.74) is 3.01. The van der Waals surface area contributed by atoms with Crippen molar-refractivity contribution in [3.63, 3.8) is 0 Å². The van der Waals surface area contributed by atoms with Crippen LogP contribution in [-0.4, -0.2) is 6.04 Å². The van der Waals surface area contributed by atoms with E-state index in [0.29, 0.717) is 11.5 Å². The molecule has 0 amide bonds. The lowest BCUT2D eigenvalue weighted by atomic mass is 9.91. The lowest BCUT2D eigenvalue weighted by Crippen LogP contribution is -2.22. The van der Waals surface area contributed by atoms with Gasteiger partial charge in [0.15, 0.2) is 0 Å². The molecule has 0 aliphatic heterocycles. The van der Waals surface area contributed by atoms with E-state index in [9.17, 15) is 0 Å². The van der Waals surface area contributed by atoms with Crippen LogP contribution >= 0.6 is 15.9 Å². The largest absolute Gasteiger partial charge is 0.381 e. The van der Waals surface area contributed by atoms with E-state index in [1.54, 1.807) is 0 Å². The van der Waals surface area contributed by atoms with Gasteiger partial charge in [0.05, 0.1) is 0 Å². The van der Waals surface area contributed by atoms with Gasteiger partial charge in [-0.1, -0.05) is 32.9 Å². The highest BCUT2D eigenvalue weighted by molar-refractivity contribution is 9.10. The molecule has 0 aromatic heterocycles. The van der Waals surface area contributed by atoms with E-state index >= 15 is 0 Å². The highest BCUT2D eigenvalue weighted by Crippen LogP contribution is 2.42. The van der Waals surface area contributed by atoms with Crippen LogP contribution in [0.2, 0.25) is 0 Å². The van der Waals surface area contributed by atoms with Crippen molar-refractivity contribution in [3.05, 3.63) is 28.2 Å². The maximum Gasteiger partial charge on any atom is 0.0489 e. The SMILES string of the molecule is Cc1cccc(NC2CC(C)(C)CC2C)c1Br. The molecule has 0 spiro atoms. The van der Waals surface area contributed by atoms with E-state index < -0.39 is 0 Å². The molecule has 1 fully saturated rings. The molecule has 1 saturated carbocycles. The minimum Gasteiger partial charge on any atom is -0.381 e. The minimum atomic E-state index is 0.480. The van der Waals surface area contributed by atoms with Crippen LogP contribution < -0.4 is 5.32 Å². The average molecular weight is 296 g/mol. The Morgan fingerprint density at radius 2 is 2.00 bits per heavy atom. The first-order valence-corrected chi connectivity index (χ1v) is 7.20. The molecule has 1 N–H and O–H groups in total. The summed E-state index contributed by atoms with van der Waals surface area (Å²) in [6.07, 6.45) is 2.57. The van der Waals surface area contributed by atoms with Gasteiger partial charge in [-0.3, -0.25) is 0 Å². The van der Waals surface area contributed by atoms with E-state index in [-0.39, 0.29) is 0 Å². The molecule has 0 bridgehead atoms. The smallest absolute Gasteiger partial charge is 0.0489 e. The molecule has 94 valence electrons. The Morgan fingerprint density at radius 1 is 1.29 bits per heavy atom. The molecule has 1 aliphatic rings. The number of halogens is 1. The van der Waals surface area contributed by atoms with Gasteiger partial charge in [-0.2, -0.15) is 0 Å². The van der Waals surface area contributed by atoms with Crippen molar-refractivity contribution < 1.29 is 0 Å².